The lowest BCUT2D eigenvalue weighted by Gasteiger charge is -2.05. The van der Waals surface area contributed by atoms with E-state index < -0.39 is 5.69 Å². The number of aromatic amines is 2. The van der Waals surface area contributed by atoms with Gasteiger partial charge in [-0.2, -0.15) is 19.6 Å². The molecule has 1 fully saturated rings. The Hall–Kier alpha value is -3.96. The fraction of sp³-hybridized carbons (Fsp3) is 0.294. The van der Waals surface area contributed by atoms with Crippen LogP contribution in [0.5, 0.6) is 5.88 Å². The molecule has 0 saturated heterocycles. The van der Waals surface area contributed by atoms with E-state index in [2.05, 4.69) is 40.3 Å². The lowest BCUT2D eigenvalue weighted by molar-refractivity contribution is 0.454. The van der Waals surface area contributed by atoms with E-state index in [4.69, 9.17) is 0 Å². The number of aryl methyl sites for hydroxylation is 1. The molecule has 4 heterocycles. The smallest absolute Gasteiger partial charge is 0.326 e. The first-order chi connectivity index (χ1) is 14.1. The first-order valence-corrected chi connectivity index (χ1v) is 9.09. The average Bonchev–Trinajstić information content (AvgIpc) is 3.11. The number of H-pyrrole nitrogens is 2. The quantitative estimate of drug-likeness (QED) is 0.331. The van der Waals surface area contributed by atoms with Crippen LogP contribution in [0.4, 0.5) is 5.95 Å². The first kappa shape index (κ1) is 17.2. The Labute approximate surface area is 162 Å². The van der Waals surface area contributed by atoms with Gasteiger partial charge in [-0.15, -0.1) is 0 Å². The van der Waals surface area contributed by atoms with Crippen LogP contribution in [0.15, 0.2) is 28.4 Å². The Morgan fingerprint density at radius 3 is 2.93 bits per heavy atom. The van der Waals surface area contributed by atoms with Crippen LogP contribution in [0.3, 0.4) is 0 Å². The summed E-state index contributed by atoms with van der Waals surface area (Å²) in [7, 11) is 1.91. The molecule has 0 aromatic carbocycles. The number of rotatable bonds is 5. The van der Waals surface area contributed by atoms with Crippen LogP contribution >= 0.6 is 0 Å². The van der Waals surface area contributed by atoms with E-state index in [0.717, 1.165) is 18.7 Å². The zero-order valence-electron chi connectivity index (χ0n) is 15.5. The van der Waals surface area contributed by atoms with Crippen LogP contribution in [-0.2, 0) is 13.6 Å². The van der Waals surface area contributed by atoms with Crippen molar-refractivity contribution in [1.29, 1.82) is 0 Å². The number of fused-ring (bicyclic) bond motifs is 1. The lowest BCUT2D eigenvalue weighted by atomic mass is 10.3. The summed E-state index contributed by atoms with van der Waals surface area (Å²) in [5.41, 5.74) is 0.697. The molecular weight excluding hydrogens is 376 g/mol. The van der Waals surface area contributed by atoms with E-state index >= 15 is 0 Å². The second kappa shape index (κ2) is 6.58. The summed E-state index contributed by atoms with van der Waals surface area (Å²) in [6, 6.07) is 0.247. The van der Waals surface area contributed by atoms with Crippen molar-refractivity contribution in [1.82, 2.24) is 39.1 Å². The maximum absolute atomic E-state index is 11.4. The molecule has 0 amide bonds. The molecule has 12 nitrogen and oxygen atoms in total. The van der Waals surface area contributed by atoms with E-state index in [9.17, 15) is 9.90 Å². The third-order valence-electron chi connectivity index (χ3n) is 4.58. The van der Waals surface area contributed by atoms with Gasteiger partial charge in [0, 0.05) is 24.7 Å². The molecule has 4 N–H and O–H groups in total. The van der Waals surface area contributed by atoms with Crippen molar-refractivity contribution >= 4 is 17.7 Å². The van der Waals surface area contributed by atoms with Crippen molar-refractivity contribution in [2.24, 2.45) is 12.0 Å². The Morgan fingerprint density at radius 2 is 2.24 bits per heavy atom. The molecule has 0 atom stereocenters. The molecule has 0 unspecified atom stereocenters. The van der Waals surface area contributed by atoms with Gasteiger partial charge >= 0.3 is 5.69 Å². The fourth-order valence-electron chi connectivity index (χ4n) is 2.88. The SMILES string of the molecule is Cn1ccnc1CNc1nc(=NC2CC2)n2nc/c(=C\c3[nH]c(=O)[nH]c3O)c2n1. The van der Waals surface area contributed by atoms with E-state index in [0.29, 0.717) is 29.0 Å². The van der Waals surface area contributed by atoms with Gasteiger partial charge in [0.15, 0.2) is 5.65 Å². The molecule has 0 radical (unpaired) electrons. The summed E-state index contributed by atoms with van der Waals surface area (Å²) in [5, 5.41) is 18.0. The van der Waals surface area contributed by atoms with Crippen molar-refractivity contribution in [3.8, 4) is 5.88 Å². The van der Waals surface area contributed by atoms with Crippen LogP contribution < -0.4 is 21.8 Å². The third kappa shape index (κ3) is 3.35. The lowest BCUT2D eigenvalue weighted by Crippen LogP contribution is -2.25. The minimum absolute atomic E-state index is 0.242. The van der Waals surface area contributed by atoms with Gasteiger partial charge in [0.2, 0.25) is 11.8 Å². The maximum atomic E-state index is 11.4. The number of hydrogen-bond acceptors (Lipinski definition) is 8. The molecule has 29 heavy (non-hydrogen) atoms. The summed E-state index contributed by atoms with van der Waals surface area (Å²) in [4.78, 5) is 34.2. The summed E-state index contributed by atoms with van der Waals surface area (Å²) in [6.45, 7) is 0.446. The Bertz CT molecular complexity index is 1370. The van der Waals surface area contributed by atoms with Gasteiger partial charge in [-0.3, -0.25) is 4.98 Å². The Morgan fingerprint density at radius 1 is 1.38 bits per heavy atom. The molecule has 148 valence electrons. The number of nitrogens with zero attached hydrogens (tertiary/aromatic N) is 7. The number of nitrogens with one attached hydrogen (secondary N) is 3. The number of hydrogen-bond donors (Lipinski definition) is 4. The average molecular weight is 394 g/mol. The predicted molar refractivity (Wildman–Crippen MR) is 102 cm³/mol. The molecule has 5 rings (SSSR count). The predicted octanol–water partition coefficient (Wildman–Crippen LogP) is -1.20. The molecule has 1 saturated carbocycles. The molecule has 12 heteroatoms. The van der Waals surface area contributed by atoms with Crippen LogP contribution in [0.25, 0.3) is 11.7 Å². The van der Waals surface area contributed by atoms with Crippen molar-refractivity contribution in [2.45, 2.75) is 25.4 Å². The minimum atomic E-state index is -0.498. The van der Waals surface area contributed by atoms with Crippen LogP contribution in [0.1, 0.15) is 24.4 Å². The first-order valence-electron chi connectivity index (χ1n) is 9.09. The molecular formula is C17H18N10O2. The molecule has 1 aliphatic carbocycles. The van der Waals surface area contributed by atoms with E-state index in [1.165, 1.54) is 0 Å². The number of anilines is 1. The molecule has 0 aliphatic heterocycles. The summed E-state index contributed by atoms with van der Waals surface area (Å²) < 4.78 is 3.46. The molecule has 4 aromatic rings. The topological polar surface area (TPSA) is 154 Å². The summed E-state index contributed by atoms with van der Waals surface area (Å²) >= 11 is 0. The zero-order chi connectivity index (χ0) is 20.0. The molecule has 1 aliphatic rings. The fourth-order valence-corrected chi connectivity index (χ4v) is 2.88. The van der Waals surface area contributed by atoms with Crippen LogP contribution in [0.2, 0.25) is 0 Å². The van der Waals surface area contributed by atoms with Crippen molar-refractivity contribution < 1.29 is 5.11 Å². The monoisotopic (exact) mass is 394 g/mol. The number of aromatic nitrogens is 8. The maximum Gasteiger partial charge on any atom is 0.326 e. The number of aromatic hydroxyl groups is 1. The second-order valence-corrected chi connectivity index (χ2v) is 6.84. The highest BCUT2D eigenvalue weighted by atomic mass is 16.3. The highest BCUT2D eigenvalue weighted by Gasteiger charge is 2.21. The standard InChI is InChI=1S/C17H18N10O2/c1-26-5-4-18-12(26)8-19-15-23-13-9(6-11-14(28)24-17(29)22-11)7-20-27(13)16(25-15)21-10-2-3-10/h4-7,10,28H,2-3,8H2,1H3,(H,19,21,25)(H2,22,24,29)/b9-6+. The summed E-state index contributed by atoms with van der Waals surface area (Å²) in [6.07, 6.45) is 8.82. The molecule has 4 aromatic heterocycles. The normalized spacial score (nSPS) is 15.5. The van der Waals surface area contributed by atoms with Gasteiger partial charge in [-0.25, -0.2) is 14.8 Å². The Kier molecular flexibility index (Phi) is 3.89. The van der Waals surface area contributed by atoms with Crippen molar-refractivity contribution in [2.75, 3.05) is 5.32 Å². The van der Waals surface area contributed by atoms with Gasteiger partial charge in [0.05, 0.1) is 18.8 Å². The largest absolute Gasteiger partial charge is 0.493 e. The van der Waals surface area contributed by atoms with Gasteiger partial charge in [-0.1, -0.05) is 0 Å². The molecule has 0 bridgehead atoms. The van der Waals surface area contributed by atoms with Crippen LogP contribution in [0, 0.1) is 0 Å². The van der Waals surface area contributed by atoms with E-state index in [-0.39, 0.29) is 17.6 Å². The minimum Gasteiger partial charge on any atom is -0.493 e. The van der Waals surface area contributed by atoms with Crippen LogP contribution in [-0.4, -0.2) is 50.2 Å². The summed E-state index contributed by atoms with van der Waals surface area (Å²) in [5.74, 6) is 0.977. The van der Waals surface area contributed by atoms with Gasteiger partial charge in [0.25, 0.3) is 5.62 Å². The van der Waals surface area contributed by atoms with Gasteiger partial charge < -0.3 is 20.0 Å². The second-order valence-electron chi connectivity index (χ2n) is 6.84. The van der Waals surface area contributed by atoms with Gasteiger partial charge in [-0.05, 0) is 18.9 Å². The van der Waals surface area contributed by atoms with E-state index in [1.807, 2.05) is 17.8 Å². The van der Waals surface area contributed by atoms with Crippen molar-refractivity contribution in [3.05, 3.63) is 51.4 Å². The van der Waals surface area contributed by atoms with Crippen molar-refractivity contribution in [3.63, 3.8) is 0 Å². The van der Waals surface area contributed by atoms with Gasteiger partial charge in [0.1, 0.15) is 11.5 Å². The number of imidazole rings is 2. The highest BCUT2D eigenvalue weighted by molar-refractivity contribution is 5.57. The Balaban J connectivity index is 1.62. The molecule has 0 spiro atoms. The highest BCUT2D eigenvalue weighted by Crippen LogP contribution is 2.22. The third-order valence-corrected chi connectivity index (χ3v) is 4.58. The zero-order valence-corrected chi connectivity index (χ0v) is 15.5. The van der Waals surface area contributed by atoms with E-state index in [1.54, 1.807) is 23.0 Å².